The van der Waals surface area contributed by atoms with Crippen LogP contribution in [0.1, 0.15) is 62.6 Å². The number of aryl methyl sites for hydroxylation is 1. The SMILES string of the molecule is CCCCc1ccc(C(c2ccc(OCC)cc2)C(CC)[N+](=O)[O-])cc1. The minimum atomic E-state index is -0.644. The molecule has 2 rings (SSSR count). The third-order valence-electron chi connectivity index (χ3n) is 4.78. The Morgan fingerprint density at radius 2 is 1.54 bits per heavy atom. The van der Waals surface area contributed by atoms with E-state index in [9.17, 15) is 10.1 Å². The molecule has 26 heavy (non-hydrogen) atoms. The molecule has 2 aromatic carbocycles. The molecule has 0 aliphatic rings. The van der Waals surface area contributed by atoms with Gasteiger partial charge in [-0.25, -0.2) is 0 Å². The first-order valence-corrected chi connectivity index (χ1v) is 9.55. The number of unbranched alkanes of at least 4 members (excludes halogenated alkanes) is 1. The maximum Gasteiger partial charge on any atom is 0.223 e. The van der Waals surface area contributed by atoms with Crippen molar-refractivity contribution in [3.05, 3.63) is 75.3 Å². The Balaban J connectivity index is 2.35. The maximum atomic E-state index is 11.7. The van der Waals surface area contributed by atoms with E-state index in [0.717, 1.165) is 36.1 Å². The van der Waals surface area contributed by atoms with Crippen LogP contribution in [0.25, 0.3) is 0 Å². The zero-order chi connectivity index (χ0) is 18.9. The zero-order valence-electron chi connectivity index (χ0n) is 16.0. The van der Waals surface area contributed by atoms with E-state index < -0.39 is 6.04 Å². The molecule has 0 spiro atoms. The molecule has 0 fully saturated rings. The molecule has 0 bridgehead atoms. The second kappa shape index (κ2) is 9.95. The lowest BCUT2D eigenvalue weighted by atomic mass is 9.83. The van der Waals surface area contributed by atoms with Crippen LogP contribution >= 0.6 is 0 Å². The fraction of sp³-hybridized carbons (Fsp3) is 0.455. The summed E-state index contributed by atoms with van der Waals surface area (Å²) in [7, 11) is 0. The standard InChI is InChI=1S/C22H29NO3/c1-4-7-8-17-9-11-18(12-10-17)22(21(5-2)23(24)25)19-13-15-20(16-14-19)26-6-3/h9-16,21-22H,4-8H2,1-3H3. The number of ether oxygens (including phenoxy) is 1. The van der Waals surface area contributed by atoms with Crippen LogP contribution in [0, 0.1) is 10.1 Å². The molecule has 0 radical (unpaired) electrons. The van der Waals surface area contributed by atoms with Gasteiger partial charge in [0.2, 0.25) is 6.04 Å². The molecule has 4 heteroatoms. The minimum Gasteiger partial charge on any atom is -0.494 e. The molecule has 0 heterocycles. The predicted molar refractivity (Wildman–Crippen MR) is 106 cm³/mol. The monoisotopic (exact) mass is 355 g/mol. The highest BCUT2D eigenvalue weighted by molar-refractivity contribution is 5.38. The zero-order valence-corrected chi connectivity index (χ0v) is 16.0. The summed E-state index contributed by atoms with van der Waals surface area (Å²) in [5, 5.41) is 11.7. The minimum absolute atomic E-state index is 0.147. The molecule has 0 amide bonds. The average molecular weight is 355 g/mol. The third-order valence-corrected chi connectivity index (χ3v) is 4.78. The highest BCUT2D eigenvalue weighted by atomic mass is 16.6. The number of nitro groups is 1. The number of rotatable bonds is 10. The summed E-state index contributed by atoms with van der Waals surface area (Å²) in [5.74, 6) is 0.532. The van der Waals surface area contributed by atoms with Crippen molar-refractivity contribution in [2.24, 2.45) is 0 Å². The largest absolute Gasteiger partial charge is 0.494 e. The van der Waals surface area contributed by atoms with E-state index in [1.54, 1.807) is 0 Å². The maximum absolute atomic E-state index is 11.7. The molecule has 0 saturated heterocycles. The average Bonchev–Trinajstić information content (AvgIpc) is 2.66. The number of hydrogen-bond donors (Lipinski definition) is 0. The van der Waals surface area contributed by atoms with Crippen molar-refractivity contribution in [1.29, 1.82) is 0 Å². The molecular weight excluding hydrogens is 326 g/mol. The number of nitrogens with zero attached hydrogens (tertiary/aromatic N) is 1. The van der Waals surface area contributed by atoms with Crippen molar-refractivity contribution in [2.75, 3.05) is 6.61 Å². The Bertz CT molecular complexity index is 680. The van der Waals surface area contributed by atoms with Gasteiger partial charge in [0.15, 0.2) is 0 Å². The van der Waals surface area contributed by atoms with Gasteiger partial charge in [-0.05, 0) is 48.6 Å². The highest BCUT2D eigenvalue weighted by Crippen LogP contribution is 2.32. The summed E-state index contributed by atoms with van der Waals surface area (Å²) in [5.41, 5.74) is 3.24. The molecule has 2 unspecified atom stereocenters. The van der Waals surface area contributed by atoms with Crippen LogP contribution in [0.3, 0.4) is 0 Å². The van der Waals surface area contributed by atoms with E-state index in [4.69, 9.17) is 4.74 Å². The summed E-state index contributed by atoms with van der Waals surface area (Å²) < 4.78 is 5.50. The fourth-order valence-corrected chi connectivity index (χ4v) is 3.35. The van der Waals surface area contributed by atoms with Gasteiger partial charge in [0, 0.05) is 11.3 Å². The van der Waals surface area contributed by atoms with E-state index in [2.05, 4.69) is 31.2 Å². The molecule has 0 saturated carbocycles. The molecule has 4 nitrogen and oxygen atoms in total. The van der Waals surface area contributed by atoms with Gasteiger partial charge in [0.25, 0.3) is 0 Å². The van der Waals surface area contributed by atoms with Crippen LogP contribution in [0.4, 0.5) is 0 Å². The van der Waals surface area contributed by atoms with Crippen molar-refractivity contribution >= 4 is 0 Å². The van der Waals surface area contributed by atoms with Crippen LogP contribution in [-0.4, -0.2) is 17.6 Å². The molecule has 0 N–H and O–H groups in total. The van der Waals surface area contributed by atoms with Gasteiger partial charge < -0.3 is 4.74 Å². The van der Waals surface area contributed by atoms with Gasteiger partial charge in [-0.15, -0.1) is 0 Å². The second-order valence-electron chi connectivity index (χ2n) is 6.59. The summed E-state index contributed by atoms with van der Waals surface area (Å²) in [4.78, 5) is 11.5. The topological polar surface area (TPSA) is 52.4 Å². The predicted octanol–water partition coefficient (Wildman–Crippen LogP) is 5.62. The fourth-order valence-electron chi connectivity index (χ4n) is 3.35. The normalized spacial score (nSPS) is 13.2. The van der Waals surface area contributed by atoms with Crippen LogP contribution in [0.5, 0.6) is 5.75 Å². The van der Waals surface area contributed by atoms with Crippen molar-refractivity contribution in [3.63, 3.8) is 0 Å². The first-order chi connectivity index (χ1) is 12.6. The van der Waals surface area contributed by atoms with Gasteiger partial charge in [-0.3, -0.25) is 10.1 Å². The summed E-state index contributed by atoms with van der Waals surface area (Å²) in [6.07, 6.45) is 3.86. The smallest absolute Gasteiger partial charge is 0.223 e. The number of benzene rings is 2. The van der Waals surface area contributed by atoms with Crippen LogP contribution in [-0.2, 0) is 6.42 Å². The van der Waals surface area contributed by atoms with E-state index in [-0.39, 0.29) is 10.8 Å². The summed E-state index contributed by atoms with van der Waals surface area (Å²) >= 11 is 0. The van der Waals surface area contributed by atoms with E-state index in [1.807, 2.05) is 38.1 Å². The lowest BCUT2D eigenvalue weighted by molar-refractivity contribution is -0.525. The van der Waals surface area contributed by atoms with Gasteiger partial charge in [0.1, 0.15) is 5.75 Å². The van der Waals surface area contributed by atoms with E-state index in [0.29, 0.717) is 13.0 Å². The van der Waals surface area contributed by atoms with Gasteiger partial charge >= 0.3 is 0 Å². The Morgan fingerprint density at radius 3 is 2.00 bits per heavy atom. The molecule has 0 aliphatic carbocycles. The lowest BCUT2D eigenvalue weighted by Gasteiger charge is -2.22. The van der Waals surface area contributed by atoms with Crippen LogP contribution in [0.15, 0.2) is 48.5 Å². The quantitative estimate of drug-likeness (QED) is 0.411. The molecule has 2 aromatic rings. The van der Waals surface area contributed by atoms with Gasteiger partial charge in [0.05, 0.1) is 12.5 Å². The first-order valence-electron chi connectivity index (χ1n) is 9.55. The van der Waals surface area contributed by atoms with Crippen LogP contribution in [0.2, 0.25) is 0 Å². The molecule has 140 valence electrons. The van der Waals surface area contributed by atoms with Gasteiger partial charge in [-0.2, -0.15) is 0 Å². The van der Waals surface area contributed by atoms with Crippen molar-refractivity contribution in [3.8, 4) is 5.75 Å². The summed E-state index contributed by atoms with van der Waals surface area (Å²) in [6.45, 7) is 6.61. The molecule has 0 aromatic heterocycles. The van der Waals surface area contributed by atoms with Crippen molar-refractivity contribution < 1.29 is 9.66 Å². The summed E-state index contributed by atoms with van der Waals surface area (Å²) in [6, 6.07) is 15.4. The van der Waals surface area contributed by atoms with E-state index >= 15 is 0 Å². The first kappa shape index (κ1) is 20.0. The second-order valence-corrected chi connectivity index (χ2v) is 6.59. The molecular formula is C22H29NO3. The Hall–Kier alpha value is -2.36. The Labute approximate surface area is 156 Å². The molecule has 2 atom stereocenters. The van der Waals surface area contributed by atoms with E-state index in [1.165, 1.54) is 5.56 Å². The number of hydrogen-bond acceptors (Lipinski definition) is 3. The lowest BCUT2D eigenvalue weighted by Crippen LogP contribution is -2.27. The van der Waals surface area contributed by atoms with Gasteiger partial charge in [-0.1, -0.05) is 56.7 Å². The Morgan fingerprint density at radius 1 is 0.962 bits per heavy atom. The van der Waals surface area contributed by atoms with Crippen LogP contribution < -0.4 is 4.74 Å². The van der Waals surface area contributed by atoms with Crippen molar-refractivity contribution in [1.82, 2.24) is 0 Å². The van der Waals surface area contributed by atoms with Crippen molar-refractivity contribution in [2.45, 2.75) is 58.4 Å². The Kier molecular flexibility index (Phi) is 7.64. The highest BCUT2D eigenvalue weighted by Gasteiger charge is 2.32. The molecule has 0 aliphatic heterocycles. The third kappa shape index (κ3) is 5.07.